The van der Waals surface area contributed by atoms with Gasteiger partial charge in [0.25, 0.3) is 10.0 Å². The first-order chi connectivity index (χ1) is 11.9. The molecule has 0 aliphatic rings. The highest BCUT2D eigenvalue weighted by molar-refractivity contribution is 7.92. The predicted octanol–water partition coefficient (Wildman–Crippen LogP) is 2.42. The van der Waals surface area contributed by atoms with Gasteiger partial charge in [0.05, 0.1) is 35.0 Å². The number of sulfonamides is 1. The molecule has 9 heteroatoms. The van der Waals surface area contributed by atoms with Crippen molar-refractivity contribution in [1.29, 1.82) is 0 Å². The zero-order chi connectivity index (χ0) is 18.2. The molecule has 0 aliphatic carbocycles. The fourth-order valence-electron chi connectivity index (χ4n) is 2.40. The Morgan fingerprint density at radius 3 is 2.44 bits per heavy atom. The lowest BCUT2D eigenvalue weighted by Gasteiger charge is -2.11. The number of hydrogen-bond donors (Lipinski definition) is 1. The number of aromatic nitrogens is 1. The van der Waals surface area contributed by atoms with E-state index >= 15 is 0 Å². The molecule has 0 fully saturated rings. The van der Waals surface area contributed by atoms with Gasteiger partial charge >= 0.3 is 4.87 Å². The molecule has 0 bridgehead atoms. The second kappa shape index (κ2) is 6.41. The number of ether oxygens (including phenoxy) is 2. The van der Waals surface area contributed by atoms with Gasteiger partial charge in [-0.1, -0.05) is 11.3 Å². The molecule has 1 N–H and O–H groups in total. The van der Waals surface area contributed by atoms with Crippen LogP contribution in [0.15, 0.2) is 46.1 Å². The van der Waals surface area contributed by atoms with Gasteiger partial charge in [0, 0.05) is 13.1 Å². The number of methoxy groups -OCH3 is 2. The average Bonchev–Trinajstić information content (AvgIpc) is 2.87. The van der Waals surface area contributed by atoms with Gasteiger partial charge in [0.1, 0.15) is 0 Å². The number of rotatable bonds is 5. The van der Waals surface area contributed by atoms with E-state index in [-0.39, 0.29) is 9.77 Å². The first-order valence-electron chi connectivity index (χ1n) is 7.20. The third-order valence-corrected chi connectivity index (χ3v) is 6.08. The summed E-state index contributed by atoms with van der Waals surface area (Å²) in [6, 6.07) is 9.31. The Kier molecular flexibility index (Phi) is 4.44. The van der Waals surface area contributed by atoms with Crippen molar-refractivity contribution in [2.24, 2.45) is 7.05 Å². The molecule has 0 amide bonds. The number of anilines is 1. The Morgan fingerprint density at radius 2 is 1.76 bits per heavy atom. The van der Waals surface area contributed by atoms with Crippen LogP contribution in [0, 0.1) is 0 Å². The average molecular weight is 380 g/mol. The van der Waals surface area contributed by atoms with Crippen molar-refractivity contribution in [1.82, 2.24) is 4.57 Å². The van der Waals surface area contributed by atoms with Crippen molar-refractivity contribution in [3.8, 4) is 11.5 Å². The fraction of sp³-hybridized carbons (Fsp3) is 0.188. The van der Waals surface area contributed by atoms with Gasteiger partial charge in [-0.05, 0) is 30.3 Å². The quantitative estimate of drug-likeness (QED) is 0.735. The molecule has 7 nitrogen and oxygen atoms in total. The molecule has 0 unspecified atom stereocenters. The summed E-state index contributed by atoms with van der Waals surface area (Å²) in [5, 5.41) is 0. The molecule has 0 saturated heterocycles. The third-order valence-electron chi connectivity index (χ3n) is 3.71. The Hall–Kier alpha value is -2.52. The molecule has 0 saturated carbocycles. The summed E-state index contributed by atoms with van der Waals surface area (Å²) in [7, 11) is 0.781. The fourth-order valence-corrected chi connectivity index (χ4v) is 4.38. The van der Waals surface area contributed by atoms with Gasteiger partial charge in [0.2, 0.25) is 0 Å². The minimum Gasteiger partial charge on any atom is -0.493 e. The SMILES string of the molecule is COc1ccc(S(=O)(=O)Nc2ccc3c(c2)sc(=O)n3C)cc1OC. The van der Waals surface area contributed by atoms with E-state index in [2.05, 4.69) is 4.72 Å². The van der Waals surface area contributed by atoms with Gasteiger partial charge in [-0.3, -0.25) is 9.52 Å². The lowest BCUT2D eigenvalue weighted by Crippen LogP contribution is -2.13. The molecule has 0 spiro atoms. The van der Waals surface area contributed by atoms with Crippen LogP contribution in [0.3, 0.4) is 0 Å². The predicted molar refractivity (Wildman–Crippen MR) is 97.4 cm³/mol. The second-order valence-electron chi connectivity index (χ2n) is 5.23. The third kappa shape index (κ3) is 3.20. The van der Waals surface area contributed by atoms with Crippen LogP contribution in [0.4, 0.5) is 5.69 Å². The zero-order valence-corrected chi connectivity index (χ0v) is 15.4. The molecule has 2 aromatic carbocycles. The van der Waals surface area contributed by atoms with Gasteiger partial charge < -0.3 is 14.0 Å². The summed E-state index contributed by atoms with van der Waals surface area (Å²) in [5.41, 5.74) is 1.13. The standard InChI is InChI=1S/C16H16N2O5S2/c1-18-12-6-4-10(8-15(12)24-16(18)19)17-25(20,21)11-5-7-13(22-2)14(9-11)23-3/h4-9,17H,1-3H3. The molecule has 1 heterocycles. The summed E-state index contributed by atoms with van der Waals surface area (Å²) < 4.78 is 40.2. The van der Waals surface area contributed by atoms with Gasteiger partial charge in [-0.2, -0.15) is 0 Å². The topological polar surface area (TPSA) is 86.6 Å². The first-order valence-corrected chi connectivity index (χ1v) is 9.50. The summed E-state index contributed by atoms with van der Waals surface area (Å²) in [4.78, 5) is 11.7. The van der Waals surface area contributed by atoms with Crippen molar-refractivity contribution in [3.05, 3.63) is 46.1 Å². The minimum atomic E-state index is -3.81. The lowest BCUT2D eigenvalue weighted by molar-refractivity contribution is 0.354. The van der Waals surface area contributed by atoms with Crippen LogP contribution in [0.2, 0.25) is 0 Å². The Labute approximate surface area is 148 Å². The van der Waals surface area contributed by atoms with Crippen LogP contribution in [-0.4, -0.2) is 27.2 Å². The van der Waals surface area contributed by atoms with E-state index in [0.29, 0.717) is 21.9 Å². The van der Waals surface area contributed by atoms with E-state index in [0.717, 1.165) is 16.9 Å². The van der Waals surface area contributed by atoms with E-state index in [1.807, 2.05) is 0 Å². The maximum atomic E-state index is 12.6. The zero-order valence-electron chi connectivity index (χ0n) is 13.8. The van der Waals surface area contributed by atoms with Crippen LogP contribution in [-0.2, 0) is 17.1 Å². The van der Waals surface area contributed by atoms with E-state index in [9.17, 15) is 13.2 Å². The van der Waals surface area contributed by atoms with E-state index in [4.69, 9.17) is 9.47 Å². The minimum absolute atomic E-state index is 0.0477. The van der Waals surface area contributed by atoms with Crippen LogP contribution >= 0.6 is 11.3 Å². The Bertz CT molecular complexity index is 1100. The smallest absolute Gasteiger partial charge is 0.307 e. The van der Waals surface area contributed by atoms with Crippen molar-refractivity contribution in [3.63, 3.8) is 0 Å². The Morgan fingerprint density at radius 1 is 1.04 bits per heavy atom. The molecule has 0 radical (unpaired) electrons. The first kappa shape index (κ1) is 17.3. The Balaban J connectivity index is 1.97. The molecule has 3 aromatic rings. The molecule has 0 atom stereocenters. The number of hydrogen-bond acceptors (Lipinski definition) is 6. The largest absolute Gasteiger partial charge is 0.493 e. The number of nitrogens with zero attached hydrogens (tertiary/aromatic N) is 1. The molecule has 1 aromatic heterocycles. The summed E-state index contributed by atoms with van der Waals surface area (Å²) in [5.74, 6) is 0.763. The maximum Gasteiger partial charge on any atom is 0.307 e. The van der Waals surface area contributed by atoms with Crippen LogP contribution in [0.25, 0.3) is 10.2 Å². The molecular weight excluding hydrogens is 364 g/mol. The summed E-state index contributed by atoms with van der Waals surface area (Å²) in [6.07, 6.45) is 0. The van der Waals surface area contributed by atoms with Crippen molar-refractivity contribution in [2.45, 2.75) is 4.90 Å². The van der Waals surface area contributed by atoms with E-state index in [1.165, 1.54) is 37.0 Å². The van der Waals surface area contributed by atoms with Crippen molar-refractivity contribution < 1.29 is 17.9 Å². The van der Waals surface area contributed by atoms with Crippen molar-refractivity contribution in [2.75, 3.05) is 18.9 Å². The van der Waals surface area contributed by atoms with Gasteiger partial charge in [-0.15, -0.1) is 0 Å². The molecule has 0 aliphatic heterocycles. The van der Waals surface area contributed by atoms with E-state index < -0.39 is 10.0 Å². The van der Waals surface area contributed by atoms with Crippen molar-refractivity contribution >= 4 is 37.3 Å². The number of aryl methyl sites for hydroxylation is 1. The number of thiazole rings is 1. The normalized spacial score (nSPS) is 11.5. The number of fused-ring (bicyclic) bond motifs is 1. The highest BCUT2D eigenvalue weighted by atomic mass is 32.2. The monoisotopic (exact) mass is 380 g/mol. The second-order valence-corrected chi connectivity index (χ2v) is 7.91. The highest BCUT2D eigenvalue weighted by Gasteiger charge is 2.18. The maximum absolute atomic E-state index is 12.6. The molecule has 132 valence electrons. The summed E-state index contributed by atoms with van der Waals surface area (Å²) in [6.45, 7) is 0. The molecular formula is C16H16N2O5S2. The number of benzene rings is 2. The lowest BCUT2D eigenvalue weighted by atomic mass is 10.3. The molecule has 3 rings (SSSR count). The van der Waals surface area contributed by atoms with Crippen LogP contribution < -0.4 is 19.1 Å². The van der Waals surface area contributed by atoms with Gasteiger partial charge in [-0.25, -0.2) is 8.42 Å². The highest BCUT2D eigenvalue weighted by Crippen LogP contribution is 2.30. The van der Waals surface area contributed by atoms with Gasteiger partial charge in [0.15, 0.2) is 11.5 Å². The van der Waals surface area contributed by atoms with Crippen LogP contribution in [0.1, 0.15) is 0 Å². The van der Waals surface area contributed by atoms with Crippen LogP contribution in [0.5, 0.6) is 11.5 Å². The van der Waals surface area contributed by atoms with E-state index in [1.54, 1.807) is 25.2 Å². The molecule has 25 heavy (non-hydrogen) atoms. The summed E-state index contributed by atoms with van der Waals surface area (Å²) >= 11 is 1.06. The number of nitrogens with one attached hydrogen (secondary N) is 1.